The Balaban J connectivity index is 0.00000385. The summed E-state index contributed by atoms with van der Waals surface area (Å²) in [6, 6.07) is 11.9. The number of aliphatic carboxylic acids is 1. The molecule has 1 aliphatic heterocycles. The van der Waals surface area contributed by atoms with Crippen LogP contribution in [0.3, 0.4) is 0 Å². The second-order valence-electron chi connectivity index (χ2n) is 7.73. The number of carboxylic acids is 1. The van der Waals surface area contributed by atoms with Crippen LogP contribution in [-0.4, -0.2) is 49.6 Å². The number of carbonyl (C=O) groups is 1. The third-order valence-corrected chi connectivity index (χ3v) is 7.25. The van der Waals surface area contributed by atoms with Gasteiger partial charge in [0.05, 0.1) is 10.7 Å². The van der Waals surface area contributed by atoms with Crippen molar-refractivity contribution in [2.24, 2.45) is 5.92 Å². The molecule has 1 heterocycles. The van der Waals surface area contributed by atoms with Crippen LogP contribution >= 0.6 is 15.9 Å². The Kier molecular flexibility index (Phi) is 9.94. The summed E-state index contributed by atoms with van der Waals surface area (Å²) >= 11 is 3.35. The number of hydrogen-bond donors (Lipinski definition) is 1. The van der Waals surface area contributed by atoms with E-state index in [1.165, 1.54) is 6.07 Å². The predicted octanol–water partition coefficient (Wildman–Crippen LogP) is -0.844. The number of anilines is 1. The molecule has 2 aromatic carbocycles. The van der Waals surface area contributed by atoms with Gasteiger partial charge in [0.15, 0.2) is 0 Å². The topological polar surface area (TPSA) is 133 Å². The van der Waals surface area contributed by atoms with E-state index in [4.69, 9.17) is 0 Å². The fourth-order valence-electron chi connectivity index (χ4n) is 3.71. The number of carboxylic acid groups (broad SMARTS) is 1. The Morgan fingerprint density at radius 2 is 1.79 bits per heavy atom. The number of piperidine rings is 1. The van der Waals surface area contributed by atoms with Crippen LogP contribution in [0, 0.1) is 16.0 Å². The van der Waals surface area contributed by atoms with Crippen molar-refractivity contribution in [3.8, 4) is 0 Å². The van der Waals surface area contributed by atoms with Crippen LogP contribution in [0.25, 0.3) is 0 Å². The molecule has 2 aromatic rings. The smallest absolute Gasteiger partial charge is 0.550 e. The number of nitrogens with zero attached hydrogens (tertiary/aromatic N) is 2. The molecule has 0 unspecified atom stereocenters. The van der Waals surface area contributed by atoms with Gasteiger partial charge in [-0.25, -0.2) is 8.42 Å². The maximum Gasteiger partial charge on any atom is 1.00 e. The van der Waals surface area contributed by atoms with Crippen LogP contribution in [0.15, 0.2) is 46.9 Å². The minimum absolute atomic E-state index is 0. The van der Waals surface area contributed by atoms with Gasteiger partial charge in [0.2, 0.25) is 10.0 Å². The molecule has 172 valence electrons. The number of nitro groups is 1. The summed E-state index contributed by atoms with van der Waals surface area (Å²) < 4.78 is 28.5. The van der Waals surface area contributed by atoms with Gasteiger partial charge in [0, 0.05) is 34.9 Å². The first-order valence-corrected chi connectivity index (χ1v) is 12.5. The molecule has 0 spiro atoms. The predicted molar refractivity (Wildman–Crippen MR) is 122 cm³/mol. The van der Waals surface area contributed by atoms with E-state index in [1.54, 1.807) is 12.1 Å². The number of likely N-dealkylation sites (tertiary alicyclic amines) is 1. The number of carbonyl (C=O) groups excluding carboxylic acids is 1. The van der Waals surface area contributed by atoms with Crippen molar-refractivity contribution < 1.29 is 42.1 Å². The van der Waals surface area contributed by atoms with Gasteiger partial charge in [-0.05, 0) is 49.7 Å². The maximum atomic E-state index is 12.6. The molecule has 0 atom stereocenters. The van der Waals surface area contributed by atoms with Crippen LogP contribution in [0.5, 0.6) is 0 Å². The van der Waals surface area contributed by atoms with E-state index in [0.717, 1.165) is 10.0 Å². The molecule has 0 aromatic heterocycles. The minimum atomic E-state index is -3.85. The van der Waals surface area contributed by atoms with E-state index in [0.29, 0.717) is 31.5 Å². The standard InChI is InChI=1S/C21H24BrN3O6S.Li/c22-18-6-4-15(5-7-18)14-17-2-1-3-19(20(17)25(28)29)23-32(30,31)13-12-24-10-8-16(9-11-24)21(26)27;/h1-7,16,23H,8-14H2,(H,26,27);/q;+1/p-1. The number of nitro benzene ring substituents is 1. The molecule has 0 saturated carbocycles. The van der Waals surface area contributed by atoms with E-state index >= 15 is 0 Å². The third-order valence-electron chi connectivity index (χ3n) is 5.47. The van der Waals surface area contributed by atoms with Gasteiger partial charge in [-0.2, -0.15) is 0 Å². The van der Waals surface area contributed by atoms with E-state index < -0.39 is 26.8 Å². The molecule has 9 nitrogen and oxygen atoms in total. The van der Waals surface area contributed by atoms with E-state index in [1.807, 2.05) is 29.2 Å². The van der Waals surface area contributed by atoms with Crippen molar-refractivity contribution in [1.29, 1.82) is 0 Å². The quantitative estimate of drug-likeness (QED) is 0.253. The van der Waals surface area contributed by atoms with Crippen LogP contribution in [-0.2, 0) is 21.2 Å². The first-order chi connectivity index (χ1) is 15.1. The van der Waals surface area contributed by atoms with Gasteiger partial charge in [0.25, 0.3) is 5.69 Å². The first-order valence-electron chi connectivity index (χ1n) is 10.1. The molecule has 1 N–H and O–H groups in total. The maximum absolute atomic E-state index is 12.6. The summed E-state index contributed by atoms with van der Waals surface area (Å²) in [6.07, 6.45) is 1.12. The number of nitrogens with one attached hydrogen (secondary N) is 1. The molecule has 1 aliphatic rings. The molecule has 0 radical (unpaired) electrons. The van der Waals surface area contributed by atoms with Gasteiger partial charge in [-0.15, -0.1) is 0 Å². The van der Waals surface area contributed by atoms with Crippen LogP contribution in [0.4, 0.5) is 11.4 Å². The molecular weight excluding hydrogens is 509 g/mol. The van der Waals surface area contributed by atoms with Crippen LogP contribution in [0.1, 0.15) is 24.0 Å². The summed E-state index contributed by atoms with van der Waals surface area (Å²) in [5.41, 5.74) is 0.923. The second kappa shape index (κ2) is 12.0. The molecule has 0 bridgehead atoms. The number of rotatable bonds is 9. The van der Waals surface area contributed by atoms with E-state index in [-0.39, 0.29) is 49.0 Å². The molecule has 0 amide bonds. The van der Waals surface area contributed by atoms with E-state index in [2.05, 4.69) is 20.7 Å². The average molecular weight is 532 g/mol. The molecular formula is C21H23BrLiN3O6S. The number of para-hydroxylation sites is 1. The largest absolute Gasteiger partial charge is 1.00 e. The second-order valence-corrected chi connectivity index (χ2v) is 10.5. The molecule has 1 saturated heterocycles. The van der Waals surface area contributed by atoms with Gasteiger partial charge < -0.3 is 14.8 Å². The fraction of sp³-hybridized carbons (Fsp3) is 0.381. The third kappa shape index (κ3) is 7.83. The summed E-state index contributed by atoms with van der Waals surface area (Å²) in [7, 11) is -3.85. The Hall–Kier alpha value is -1.90. The van der Waals surface area contributed by atoms with Crippen molar-refractivity contribution in [2.45, 2.75) is 19.3 Å². The van der Waals surface area contributed by atoms with Gasteiger partial charge in [0.1, 0.15) is 5.69 Å². The number of sulfonamides is 1. The van der Waals surface area contributed by atoms with Crippen molar-refractivity contribution in [3.05, 3.63) is 68.2 Å². The van der Waals surface area contributed by atoms with Gasteiger partial charge in [-0.3, -0.25) is 14.8 Å². The Bertz CT molecular complexity index is 1090. The average Bonchev–Trinajstić information content (AvgIpc) is 2.74. The first kappa shape index (κ1) is 27.3. The SMILES string of the molecule is O=C([O-])C1CCN(CCS(=O)(=O)Nc2cccc(Cc3ccc(Br)cc3)c2[N+](=O)[O-])CC1.[Li+]. The van der Waals surface area contributed by atoms with Crippen molar-refractivity contribution in [3.63, 3.8) is 0 Å². The van der Waals surface area contributed by atoms with Crippen LogP contribution < -0.4 is 28.7 Å². The Morgan fingerprint density at radius 3 is 2.36 bits per heavy atom. The zero-order chi connectivity index (χ0) is 23.3. The normalized spacial score (nSPS) is 14.9. The minimum Gasteiger partial charge on any atom is -0.550 e. The summed E-state index contributed by atoms with van der Waals surface area (Å²) in [5, 5.41) is 22.7. The molecule has 12 heteroatoms. The number of hydrogen-bond acceptors (Lipinski definition) is 7. The van der Waals surface area contributed by atoms with Crippen LogP contribution in [0.2, 0.25) is 0 Å². The Morgan fingerprint density at radius 1 is 1.15 bits per heavy atom. The zero-order valence-corrected chi connectivity index (χ0v) is 20.6. The summed E-state index contributed by atoms with van der Waals surface area (Å²) in [6.45, 7) is 1.15. The molecule has 33 heavy (non-hydrogen) atoms. The monoisotopic (exact) mass is 531 g/mol. The molecule has 3 rings (SSSR count). The molecule has 0 aliphatic carbocycles. The van der Waals surface area contributed by atoms with Crippen molar-refractivity contribution >= 4 is 43.3 Å². The fourth-order valence-corrected chi connectivity index (χ4v) is 5.08. The number of halogens is 1. The zero-order valence-electron chi connectivity index (χ0n) is 18.2. The van der Waals surface area contributed by atoms with E-state index in [9.17, 15) is 28.4 Å². The van der Waals surface area contributed by atoms with Gasteiger partial charge in [-0.1, -0.05) is 40.2 Å². The van der Waals surface area contributed by atoms with Crippen molar-refractivity contribution in [2.75, 3.05) is 30.1 Å². The number of benzene rings is 2. The van der Waals surface area contributed by atoms with Crippen molar-refractivity contribution in [1.82, 2.24) is 4.90 Å². The summed E-state index contributed by atoms with van der Waals surface area (Å²) in [4.78, 5) is 24.0. The molecule has 1 fully saturated rings. The summed E-state index contributed by atoms with van der Waals surface area (Å²) in [5.74, 6) is -1.83. The Labute approximate surface area is 213 Å². The van der Waals surface area contributed by atoms with Gasteiger partial charge >= 0.3 is 18.9 Å².